The Labute approximate surface area is 139 Å². The summed E-state index contributed by atoms with van der Waals surface area (Å²) in [6.07, 6.45) is 0. The fourth-order valence-electron chi connectivity index (χ4n) is 2.48. The van der Waals surface area contributed by atoms with Crippen molar-refractivity contribution in [3.05, 3.63) is 70.5 Å². The number of aryl methyl sites for hydroxylation is 1. The number of nitrogens with zero attached hydrogens (tertiary/aromatic N) is 1. The summed E-state index contributed by atoms with van der Waals surface area (Å²) in [7, 11) is 2.15. The second-order valence-corrected chi connectivity index (χ2v) is 6.52. The lowest BCUT2D eigenvalue weighted by Gasteiger charge is -2.21. The highest BCUT2D eigenvalue weighted by Crippen LogP contribution is 2.11. The number of hydrogen-bond donors (Lipinski definition) is 1. The molecule has 124 valence electrons. The summed E-state index contributed by atoms with van der Waals surface area (Å²) in [6, 6.07) is 14.5. The largest absolute Gasteiger partial charge is 0.309 e. The molecule has 0 heterocycles. The van der Waals surface area contributed by atoms with Crippen molar-refractivity contribution < 1.29 is 4.39 Å². The minimum absolute atomic E-state index is 0.143. The maximum Gasteiger partial charge on any atom is 0.126 e. The van der Waals surface area contributed by atoms with Gasteiger partial charge in [-0.25, -0.2) is 4.39 Å². The second kappa shape index (κ2) is 8.23. The predicted octanol–water partition coefficient (Wildman–Crippen LogP) is 4.26. The molecule has 0 bridgehead atoms. The molecule has 0 unspecified atom stereocenters. The molecule has 23 heavy (non-hydrogen) atoms. The molecular formula is C20H27FN2. The molecule has 0 radical (unpaired) electrons. The Hall–Kier alpha value is -1.71. The molecule has 1 N–H and O–H groups in total. The Morgan fingerprint density at radius 1 is 1.00 bits per heavy atom. The molecule has 2 nitrogen and oxygen atoms in total. The van der Waals surface area contributed by atoms with Gasteiger partial charge in [0.05, 0.1) is 0 Å². The number of halogens is 1. The van der Waals surface area contributed by atoms with E-state index in [-0.39, 0.29) is 5.82 Å². The van der Waals surface area contributed by atoms with Gasteiger partial charge in [0.25, 0.3) is 0 Å². The van der Waals surface area contributed by atoms with Crippen LogP contribution < -0.4 is 5.32 Å². The van der Waals surface area contributed by atoms with E-state index in [4.69, 9.17) is 0 Å². The molecule has 0 spiro atoms. The summed E-state index contributed by atoms with van der Waals surface area (Å²) in [5.74, 6) is -0.143. The van der Waals surface area contributed by atoms with Gasteiger partial charge in [0.15, 0.2) is 0 Å². The first-order valence-electron chi connectivity index (χ1n) is 8.19. The number of rotatable bonds is 7. The number of nitrogens with one attached hydrogen (secondary N) is 1. The van der Waals surface area contributed by atoms with E-state index < -0.39 is 0 Å². The Bertz CT molecular complexity index is 637. The Morgan fingerprint density at radius 3 is 2.30 bits per heavy atom. The molecule has 0 fully saturated rings. The zero-order chi connectivity index (χ0) is 16.8. The maximum atomic E-state index is 13.3. The molecule has 0 saturated carbocycles. The van der Waals surface area contributed by atoms with E-state index in [1.165, 1.54) is 17.2 Å². The van der Waals surface area contributed by atoms with Gasteiger partial charge in [0.1, 0.15) is 5.82 Å². The van der Waals surface area contributed by atoms with E-state index in [1.807, 2.05) is 12.1 Å². The summed E-state index contributed by atoms with van der Waals surface area (Å²) in [5.41, 5.74) is 4.42. The average molecular weight is 314 g/mol. The second-order valence-electron chi connectivity index (χ2n) is 6.52. The lowest BCUT2D eigenvalue weighted by molar-refractivity contribution is 0.266. The highest BCUT2D eigenvalue weighted by Gasteiger charge is 2.05. The minimum Gasteiger partial charge on any atom is -0.309 e. The van der Waals surface area contributed by atoms with Crippen molar-refractivity contribution in [3.8, 4) is 0 Å². The maximum absolute atomic E-state index is 13.3. The molecule has 0 atom stereocenters. The fourth-order valence-corrected chi connectivity index (χ4v) is 2.48. The van der Waals surface area contributed by atoms with E-state index in [2.05, 4.69) is 55.4 Å². The van der Waals surface area contributed by atoms with Crippen LogP contribution in [0.5, 0.6) is 0 Å². The van der Waals surface area contributed by atoms with Gasteiger partial charge in [0.2, 0.25) is 0 Å². The first-order valence-corrected chi connectivity index (χ1v) is 8.19. The molecule has 0 aliphatic heterocycles. The van der Waals surface area contributed by atoms with Gasteiger partial charge < -0.3 is 5.32 Å². The molecule has 2 rings (SSSR count). The van der Waals surface area contributed by atoms with E-state index in [1.54, 1.807) is 6.92 Å². The van der Waals surface area contributed by atoms with Gasteiger partial charge in [-0.05, 0) is 56.1 Å². The average Bonchev–Trinajstić information content (AvgIpc) is 2.51. The SMILES string of the molecule is Cc1cc(CNCc2cccc(CN(C)C(C)C)c2)ccc1F. The third kappa shape index (κ3) is 5.45. The van der Waals surface area contributed by atoms with Crippen molar-refractivity contribution in [1.82, 2.24) is 10.2 Å². The molecule has 0 aliphatic carbocycles. The van der Waals surface area contributed by atoms with Gasteiger partial charge in [-0.3, -0.25) is 4.90 Å². The van der Waals surface area contributed by atoms with Crippen LogP contribution >= 0.6 is 0 Å². The molecule has 0 saturated heterocycles. The van der Waals surface area contributed by atoms with Crippen molar-refractivity contribution in [2.45, 2.75) is 46.4 Å². The van der Waals surface area contributed by atoms with Gasteiger partial charge in [-0.2, -0.15) is 0 Å². The Kier molecular flexibility index (Phi) is 6.31. The van der Waals surface area contributed by atoms with Crippen LogP contribution in [0.15, 0.2) is 42.5 Å². The van der Waals surface area contributed by atoms with Crippen molar-refractivity contribution >= 4 is 0 Å². The lowest BCUT2D eigenvalue weighted by atomic mass is 10.1. The van der Waals surface area contributed by atoms with Crippen molar-refractivity contribution in [2.75, 3.05) is 7.05 Å². The zero-order valence-corrected chi connectivity index (χ0v) is 14.6. The molecule has 0 aliphatic rings. The highest BCUT2D eigenvalue weighted by atomic mass is 19.1. The summed E-state index contributed by atoms with van der Waals surface area (Å²) >= 11 is 0. The van der Waals surface area contributed by atoms with Crippen LogP contribution in [0.3, 0.4) is 0 Å². The van der Waals surface area contributed by atoms with Gasteiger partial charge >= 0.3 is 0 Å². The molecule has 2 aromatic rings. The molecule has 0 aromatic heterocycles. The van der Waals surface area contributed by atoms with Crippen LogP contribution in [0.25, 0.3) is 0 Å². The first-order chi connectivity index (χ1) is 11.0. The van der Waals surface area contributed by atoms with E-state index in [0.717, 1.165) is 25.2 Å². The van der Waals surface area contributed by atoms with Crippen molar-refractivity contribution in [3.63, 3.8) is 0 Å². The zero-order valence-electron chi connectivity index (χ0n) is 14.6. The summed E-state index contributed by atoms with van der Waals surface area (Å²) in [6.45, 7) is 8.73. The smallest absolute Gasteiger partial charge is 0.126 e. The van der Waals surface area contributed by atoms with Gasteiger partial charge in [-0.15, -0.1) is 0 Å². The van der Waals surface area contributed by atoms with Crippen LogP contribution in [0, 0.1) is 12.7 Å². The van der Waals surface area contributed by atoms with Crippen molar-refractivity contribution in [2.24, 2.45) is 0 Å². The lowest BCUT2D eigenvalue weighted by Crippen LogP contribution is -2.25. The third-order valence-electron chi connectivity index (χ3n) is 4.19. The van der Waals surface area contributed by atoms with Crippen LogP contribution in [0.1, 0.15) is 36.1 Å². The number of hydrogen-bond acceptors (Lipinski definition) is 2. The normalized spacial score (nSPS) is 11.4. The Balaban J connectivity index is 1.89. The quantitative estimate of drug-likeness (QED) is 0.821. The van der Waals surface area contributed by atoms with Gasteiger partial charge in [-0.1, -0.05) is 36.4 Å². The van der Waals surface area contributed by atoms with Crippen LogP contribution in [0.2, 0.25) is 0 Å². The molecule has 2 aromatic carbocycles. The number of benzene rings is 2. The fraction of sp³-hybridized carbons (Fsp3) is 0.400. The summed E-state index contributed by atoms with van der Waals surface area (Å²) < 4.78 is 13.3. The monoisotopic (exact) mass is 314 g/mol. The third-order valence-corrected chi connectivity index (χ3v) is 4.19. The summed E-state index contributed by atoms with van der Waals surface area (Å²) in [4.78, 5) is 2.33. The topological polar surface area (TPSA) is 15.3 Å². The van der Waals surface area contributed by atoms with Crippen molar-refractivity contribution in [1.29, 1.82) is 0 Å². The Morgan fingerprint density at radius 2 is 1.65 bits per heavy atom. The minimum atomic E-state index is -0.143. The van der Waals surface area contributed by atoms with Crippen LogP contribution in [0.4, 0.5) is 4.39 Å². The predicted molar refractivity (Wildman–Crippen MR) is 94.7 cm³/mol. The van der Waals surface area contributed by atoms with E-state index in [0.29, 0.717) is 11.6 Å². The van der Waals surface area contributed by atoms with Crippen LogP contribution in [-0.2, 0) is 19.6 Å². The molecule has 0 amide bonds. The van der Waals surface area contributed by atoms with E-state index >= 15 is 0 Å². The first kappa shape index (κ1) is 17.6. The van der Waals surface area contributed by atoms with E-state index in [9.17, 15) is 4.39 Å². The highest BCUT2D eigenvalue weighted by molar-refractivity contribution is 5.25. The van der Waals surface area contributed by atoms with Crippen LogP contribution in [-0.4, -0.2) is 18.0 Å². The van der Waals surface area contributed by atoms with Gasteiger partial charge in [0, 0.05) is 25.7 Å². The standard InChI is InChI=1S/C20H27FN2/c1-15(2)23(4)14-19-7-5-6-17(11-19)12-22-13-18-8-9-20(21)16(3)10-18/h5-11,15,22H,12-14H2,1-4H3. The molecular weight excluding hydrogens is 287 g/mol. The molecule has 3 heteroatoms. The summed E-state index contributed by atoms with van der Waals surface area (Å²) in [5, 5.41) is 3.43.